The minimum atomic E-state index is -0.806. The molecule has 2 aliphatic heterocycles. The van der Waals surface area contributed by atoms with Crippen molar-refractivity contribution in [2.45, 2.75) is 26.0 Å². The lowest BCUT2D eigenvalue weighted by atomic mass is 9.98. The van der Waals surface area contributed by atoms with Crippen molar-refractivity contribution in [3.63, 3.8) is 0 Å². The number of hydrogen-bond donors (Lipinski definition) is 1. The second-order valence-corrected chi connectivity index (χ2v) is 12.8. The van der Waals surface area contributed by atoms with Gasteiger partial charge in [0, 0.05) is 60.5 Å². The maximum atomic E-state index is 15.5. The van der Waals surface area contributed by atoms with Crippen molar-refractivity contribution in [1.29, 1.82) is 0 Å². The molecule has 0 aliphatic carbocycles. The van der Waals surface area contributed by atoms with E-state index in [1.807, 2.05) is 25.1 Å². The Balaban J connectivity index is 0.933. The fraction of sp³-hybridized carbons (Fsp3) is 0.289. The fourth-order valence-corrected chi connectivity index (χ4v) is 6.59. The normalized spacial score (nSPS) is 17.5. The Morgan fingerprint density at radius 2 is 1.71 bits per heavy atom. The van der Waals surface area contributed by atoms with Gasteiger partial charge in [0.15, 0.2) is 5.82 Å². The van der Waals surface area contributed by atoms with Crippen LogP contribution < -0.4 is 19.9 Å². The number of carbonyl (C=O) groups excluding carboxylic acids is 1. The molecule has 4 aromatic carbocycles. The lowest BCUT2D eigenvalue weighted by Gasteiger charge is -2.38. The minimum absolute atomic E-state index is 0.0105. The van der Waals surface area contributed by atoms with Crippen LogP contribution in [0.4, 0.5) is 34.6 Å². The first-order valence-electron chi connectivity index (χ1n) is 16.7. The number of aromatic nitrogens is 3. The Morgan fingerprint density at radius 3 is 2.45 bits per heavy atom. The maximum Gasteiger partial charge on any atom is 0.255 e. The number of hydrogen-bond acceptors (Lipinski definition) is 7. The van der Waals surface area contributed by atoms with E-state index < -0.39 is 35.3 Å². The van der Waals surface area contributed by atoms with E-state index in [9.17, 15) is 18.0 Å². The highest BCUT2D eigenvalue weighted by Crippen LogP contribution is 2.36. The highest BCUT2D eigenvalue weighted by Gasteiger charge is 2.31. The van der Waals surface area contributed by atoms with Gasteiger partial charge in [-0.3, -0.25) is 4.79 Å². The van der Waals surface area contributed by atoms with Gasteiger partial charge < -0.3 is 24.6 Å². The van der Waals surface area contributed by atoms with Gasteiger partial charge in [-0.2, -0.15) is 5.10 Å². The molecular weight excluding hydrogens is 664 g/mol. The molecule has 1 aromatic heterocycles. The first-order valence-corrected chi connectivity index (χ1v) is 16.7. The van der Waals surface area contributed by atoms with E-state index in [0.717, 1.165) is 17.3 Å². The summed E-state index contributed by atoms with van der Waals surface area (Å²) in [6.45, 7) is 4.64. The van der Waals surface area contributed by atoms with Crippen molar-refractivity contribution in [3.8, 4) is 5.75 Å². The number of carbonyl (C=O) groups is 1. The lowest BCUT2D eigenvalue weighted by molar-refractivity contribution is 0.100. The monoisotopic (exact) mass is 700 g/mol. The summed E-state index contributed by atoms with van der Waals surface area (Å²) < 4.78 is 73.3. The number of benzene rings is 4. The van der Waals surface area contributed by atoms with Crippen molar-refractivity contribution in [2.24, 2.45) is 5.92 Å². The molecule has 0 saturated carbocycles. The quantitative estimate of drug-likeness (QED) is 0.158. The largest absolute Gasteiger partial charge is 0.493 e. The van der Waals surface area contributed by atoms with E-state index in [2.05, 4.69) is 20.3 Å². The first kappa shape index (κ1) is 34.0. The summed E-state index contributed by atoms with van der Waals surface area (Å²) in [6, 6.07) is 19.1. The van der Waals surface area contributed by atoms with E-state index in [1.165, 1.54) is 35.5 Å². The summed E-state index contributed by atoms with van der Waals surface area (Å²) in [6.07, 6.45) is 2.83. The number of halogens is 4. The third kappa shape index (κ3) is 7.53. The molecule has 1 N–H and O–H groups in total. The molecule has 5 aromatic rings. The molecule has 9 nitrogen and oxygen atoms in total. The zero-order valence-corrected chi connectivity index (χ0v) is 27.9. The van der Waals surface area contributed by atoms with E-state index in [-0.39, 0.29) is 23.8 Å². The Labute approximate surface area is 292 Å². The Morgan fingerprint density at radius 1 is 0.922 bits per heavy atom. The molecule has 264 valence electrons. The van der Waals surface area contributed by atoms with E-state index in [1.54, 1.807) is 35.2 Å². The van der Waals surface area contributed by atoms with Crippen LogP contribution >= 0.6 is 0 Å². The molecule has 2 saturated heterocycles. The van der Waals surface area contributed by atoms with Crippen LogP contribution in [0.5, 0.6) is 5.75 Å². The van der Waals surface area contributed by atoms with E-state index in [0.29, 0.717) is 68.3 Å². The van der Waals surface area contributed by atoms with Crippen LogP contribution in [0.2, 0.25) is 0 Å². The van der Waals surface area contributed by atoms with Crippen LogP contribution in [0.25, 0.3) is 0 Å². The van der Waals surface area contributed by atoms with Gasteiger partial charge in [-0.25, -0.2) is 27.2 Å². The molecule has 7 rings (SSSR count). The third-order valence-electron chi connectivity index (χ3n) is 9.34. The van der Waals surface area contributed by atoms with Crippen molar-refractivity contribution in [2.75, 3.05) is 54.5 Å². The van der Waals surface area contributed by atoms with Crippen LogP contribution in [-0.2, 0) is 11.3 Å². The third-order valence-corrected chi connectivity index (χ3v) is 9.34. The molecule has 0 spiro atoms. The summed E-state index contributed by atoms with van der Waals surface area (Å²) in [7, 11) is 0. The summed E-state index contributed by atoms with van der Waals surface area (Å²) in [4.78, 5) is 20.3. The van der Waals surface area contributed by atoms with Gasteiger partial charge in [-0.1, -0.05) is 18.2 Å². The van der Waals surface area contributed by atoms with Gasteiger partial charge in [-0.15, -0.1) is 0 Å². The zero-order valence-electron chi connectivity index (χ0n) is 27.9. The van der Waals surface area contributed by atoms with Gasteiger partial charge in [0.25, 0.3) is 5.91 Å². The van der Waals surface area contributed by atoms with E-state index in [4.69, 9.17) is 9.47 Å². The van der Waals surface area contributed by atoms with Gasteiger partial charge in [0.1, 0.15) is 41.5 Å². The number of anilines is 3. The van der Waals surface area contributed by atoms with Crippen LogP contribution in [-0.4, -0.2) is 60.1 Å². The number of rotatable bonds is 10. The highest BCUT2D eigenvalue weighted by molar-refractivity contribution is 6.04. The summed E-state index contributed by atoms with van der Waals surface area (Å²) in [5.41, 5.74) is 2.63. The fourth-order valence-electron chi connectivity index (χ4n) is 6.59. The molecule has 1 amide bonds. The summed E-state index contributed by atoms with van der Waals surface area (Å²) >= 11 is 0. The molecule has 2 aliphatic rings. The number of ether oxygens (including phenoxy) is 2. The van der Waals surface area contributed by atoms with Crippen molar-refractivity contribution < 1.29 is 31.8 Å². The second kappa shape index (κ2) is 14.8. The van der Waals surface area contributed by atoms with E-state index >= 15 is 4.39 Å². The van der Waals surface area contributed by atoms with Crippen LogP contribution in [0.15, 0.2) is 85.5 Å². The number of nitrogens with one attached hydrogen (secondary N) is 1. The summed E-state index contributed by atoms with van der Waals surface area (Å²) in [5, 5.41) is 6.56. The molecular formula is C38H36F4N6O3. The zero-order chi connectivity index (χ0) is 35.5. The molecule has 0 radical (unpaired) electrons. The molecule has 51 heavy (non-hydrogen) atoms. The second-order valence-electron chi connectivity index (χ2n) is 12.8. The molecule has 3 heterocycles. The Bertz CT molecular complexity index is 2010. The standard InChI is InChI=1S/C38H36F4N6O3/c1-24-15-28(46-11-13-47(14-12-46)37-30(39)8-9-33(36(37)42)45-38(49)26-5-3-2-4-6-26)7-10-34(24)50-20-25-16-35(51-21-25)29-17-27(31(40)18-32(29)41)19-48-23-43-22-44-48/h2-10,15,17-18,22-23,25,35H,11-14,16,19-21H2,1H3,(H,45,49)/t25-,35+/m0/s1. The topological polar surface area (TPSA) is 84.8 Å². The Kier molecular flexibility index (Phi) is 9.89. The van der Waals surface area contributed by atoms with Gasteiger partial charge in [0.2, 0.25) is 0 Å². The molecule has 2 atom stereocenters. The number of aryl methyl sites for hydroxylation is 1. The smallest absolute Gasteiger partial charge is 0.255 e. The van der Waals surface area contributed by atoms with Crippen molar-refractivity contribution in [3.05, 3.63) is 131 Å². The lowest BCUT2D eigenvalue weighted by Crippen LogP contribution is -2.47. The SMILES string of the molecule is Cc1cc(N2CCN(c3c(F)ccc(NC(=O)c4ccccc4)c3F)CC2)ccc1OC[C@H]1CO[C@@H](c2cc(Cn3cncn3)c(F)cc2F)C1. The van der Waals surface area contributed by atoms with Crippen molar-refractivity contribution >= 4 is 23.0 Å². The number of nitrogens with zero attached hydrogens (tertiary/aromatic N) is 5. The molecule has 0 bridgehead atoms. The van der Waals surface area contributed by atoms with Crippen molar-refractivity contribution in [1.82, 2.24) is 14.8 Å². The number of piperazine rings is 1. The predicted octanol–water partition coefficient (Wildman–Crippen LogP) is 6.93. The van der Waals surface area contributed by atoms with Gasteiger partial charge >= 0.3 is 0 Å². The Hall–Kier alpha value is -5.43. The number of amides is 1. The highest BCUT2D eigenvalue weighted by atomic mass is 19.1. The summed E-state index contributed by atoms with van der Waals surface area (Å²) in [5.74, 6) is -2.55. The molecule has 2 fully saturated rings. The minimum Gasteiger partial charge on any atom is -0.493 e. The first-order chi connectivity index (χ1) is 24.7. The van der Waals surface area contributed by atoms with Crippen LogP contribution in [0.3, 0.4) is 0 Å². The van der Waals surface area contributed by atoms with Crippen LogP contribution in [0.1, 0.15) is 39.6 Å². The average Bonchev–Trinajstić information content (AvgIpc) is 3.83. The van der Waals surface area contributed by atoms with Crippen LogP contribution in [0, 0.1) is 36.1 Å². The predicted molar refractivity (Wildman–Crippen MR) is 184 cm³/mol. The molecule has 13 heteroatoms. The average molecular weight is 701 g/mol. The van der Waals surface area contributed by atoms with Gasteiger partial charge in [-0.05, 0) is 67.4 Å². The maximum absolute atomic E-state index is 15.5. The molecule has 0 unspecified atom stereocenters. The van der Waals surface area contributed by atoms with Gasteiger partial charge in [0.05, 0.1) is 31.5 Å².